The molecule has 1 N–H and O–H groups in total. The fourth-order valence-corrected chi connectivity index (χ4v) is 4.16. The maximum absolute atomic E-state index is 13.2. The molecule has 3 aliphatic rings. The summed E-state index contributed by atoms with van der Waals surface area (Å²) in [5, 5.41) is 3.70. The van der Waals surface area contributed by atoms with Gasteiger partial charge in [0, 0.05) is 19.1 Å². The molecule has 1 aromatic rings. The van der Waals surface area contributed by atoms with Crippen LogP contribution in [-0.2, 0) is 10.2 Å². The van der Waals surface area contributed by atoms with Gasteiger partial charge in [0.25, 0.3) is 0 Å². The zero-order valence-electron chi connectivity index (χ0n) is 14.0. The molecule has 1 aliphatic heterocycles. The van der Waals surface area contributed by atoms with E-state index in [4.69, 9.17) is 0 Å². The Balaban J connectivity index is 1.37. The van der Waals surface area contributed by atoms with Crippen LogP contribution in [0, 0.1) is 5.92 Å². The van der Waals surface area contributed by atoms with E-state index in [-0.39, 0.29) is 5.41 Å². The van der Waals surface area contributed by atoms with Gasteiger partial charge in [0.15, 0.2) is 0 Å². The lowest BCUT2D eigenvalue weighted by atomic mass is 9.63. The molecular formula is C20H28N2O. The molecule has 1 heterocycles. The molecule has 0 radical (unpaired) electrons. The van der Waals surface area contributed by atoms with Crippen molar-refractivity contribution >= 4 is 5.91 Å². The Morgan fingerprint density at radius 2 is 1.78 bits per heavy atom. The van der Waals surface area contributed by atoms with Crippen molar-refractivity contribution in [1.82, 2.24) is 10.2 Å². The summed E-state index contributed by atoms with van der Waals surface area (Å²) in [6.07, 6.45) is 8.27. The highest BCUT2D eigenvalue weighted by Gasteiger charge is 2.47. The second-order valence-electron chi connectivity index (χ2n) is 7.72. The molecule has 1 aromatic carbocycles. The van der Waals surface area contributed by atoms with Gasteiger partial charge < -0.3 is 10.2 Å². The topological polar surface area (TPSA) is 32.3 Å². The predicted molar refractivity (Wildman–Crippen MR) is 92.3 cm³/mol. The van der Waals surface area contributed by atoms with Crippen LogP contribution in [0.3, 0.4) is 0 Å². The Morgan fingerprint density at radius 3 is 2.35 bits per heavy atom. The number of carbonyl (C=O) groups is 1. The molecule has 2 aliphatic carbocycles. The Morgan fingerprint density at radius 1 is 1.09 bits per heavy atom. The minimum Gasteiger partial charge on any atom is -0.342 e. The van der Waals surface area contributed by atoms with Crippen LogP contribution < -0.4 is 5.32 Å². The normalized spacial score (nSPS) is 24.3. The van der Waals surface area contributed by atoms with Crippen molar-refractivity contribution in [1.29, 1.82) is 0 Å². The SMILES string of the molecule is O=C(N1CCC(NCC2CC2)CC1)C1(c2ccccc2)CCC1. The maximum atomic E-state index is 13.2. The van der Waals surface area contributed by atoms with Crippen LogP contribution in [0.4, 0.5) is 0 Å². The van der Waals surface area contributed by atoms with Crippen LogP contribution in [0.25, 0.3) is 0 Å². The van der Waals surface area contributed by atoms with Gasteiger partial charge in [-0.3, -0.25) is 4.79 Å². The van der Waals surface area contributed by atoms with Crippen LogP contribution in [0.5, 0.6) is 0 Å². The highest BCUT2D eigenvalue weighted by Crippen LogP contribution is 2.45. The monoisotopic (exact) mass is 312 g/mol. The average molecular weight is 312 g/mol. The first-order valence-corrected chi connectivity index (χ1v) is 9.36. The Kier molecular flexibility index (Phi) is 4.14. The molecule has 3 fully saturated rings. The van der Waals surface area contributed by atoms with Crippen LogP contribution in [-0.4, -0.2) is 36.5 Å². The number of nitrogens with zero attached hydrogens (tertiary/aromatic N) is 1. The molecule has 0 atom stereocenters. The standard InChI is InChI=1S/C20H28N2O/c23-19(20(11-4-12-20)17-5-2-1-3-6-17)22-13-9-18(10-14-22)21-15-16-7-8-16/h1-3,5-6,16,18,21H,4,7-15H2. The van der Waals surface area contributed by atoms with Crippen molar-refractivity contribution in [2.45, 2.75) is 56.4 Å². The Bertz CT molecular complexity index is 540. The van der Waals surface area contributed by atoms with Crippen LogP contribution >= 0.6 is 0 Å². The highest BCUT2D eigenvalue weighted by atomic mass is 16.2. The third-order valence-corrected chi connectivity index (χ3v) is 6.12. The summed E-state index contributed by atoms with van der Waals surface area (Å²) in [4.78, 5) is 15.3. The van der Waals surface area contributed by atoms with Gasteiger partial charge in [0.05, 0.1) is 5.41 Å². The third kappa shape index (κ3) is 3.03. The summed E-state index contributed by atoms with van der Waals surface area (Å²) in [5.74, 6) is 1.32. The second-order valence-corrected chi connectivity index (χ2v) is 7.72. The number of nitrogens with one attached hydrogen (secondary N) is 1. The zero-order chi connectivity index (χ0) is 15.7. The number of carbonyl (C=O) groups excluding carboxylic acids is 1. The first-order chi connectivity index (χ1) is 11.3. The number of amides is 1. The number of likely N-dealkylation sites (tertiary alicyclic amines) is 1. The van der Waals surface area contributed by atoms with E-state index in [2.05, 4.69) is 34.5 Å². The summed E-state index contributed by atoms with van der Waals surface area (Å²) < 4.78 is 0. The van der Waals surface area contributed by atoms with Crippen molar-refractivity contribution in [2.24, 2.45) is 5.92 Å². The Labute approximate surface area is 139 Å². The van der Waals surface area contributed by atoms with Gasteiger partial charge in [-0.25, -0.2) is 0 Å². The van der Waals surface area contributed by atoms with Crippen LogP contribution in [0.15, 0.2) is 30.3 Å². The van der Waals surface area contributed by atoms with Crippen molar-refractivity contribution in [3.8, 4) is 0 Å². The van der Waals surface area contributed by atoms with Gasteiger partial charge in [-0.1, -0.05) is 36.8 Å². The van der Waals surface area contributed by atoms with E-state index in [1.54, 1.807) is 0 Å². The van der Waals surface area contributed by atoms with Crippen LogP contribution in [0.1, 0.15) is 50.5 Å². The van der Waals surface area contributed by atoms with Crippen molar-refractivity contribution in [3.05, 3.63) is 35.9 Å². The van der Waals surface area contributed by atoms with Gasteiger partial charge in [-0.05, 0) is 56.6 Å². The second kappa shape index (κ2) is 6.27. The lowest BCUT2D eigenvalue weighted by Gasteiger charge is -2.45. The molecule has 0 bridgehead atoms. The van der Waals surface area contributed by atoms with Gasteiger partial charge in [-0.2, -0.15) is 0 Å². The van der Waals surface area contributed by atoms with E-state index in [1.807, 2.05) is 6.07 Å². The van der Waals surface area contributed by atoms with Crippen molar-refractivity contribution in [3.63, 3.8) is 0 Å². The molecule has 0 spiro atoms. The lowest BCUT2D eigenvalue weighted by molar-refractivity contribution is -0.142. The molecule has 2 saturated carbocycles. The number of hydrogen-bond acceptors (Lipinski definition) is 2. The fourth-order valence-electron chi connectivity index (χ4n) is 4.16. The summed E-state index contributed by atoms with van der Waals surface area (Å²) in [7, 11) is 0. The molecule has 124 valence electrons. The number of rotatable bonds is 5. The zero-order valence-corrected chi connectivity index (χ0v) is 14.0. The van der Waals surface area contributed by atoms with Gasteiger partial charge in [-0.15, -0.1) is 0 Å². The van der Waals surface area contributed by atoms with E-state index in [0.29, 0.717) is 11.9 Å². The van der Waals surface area contributed by atoms with Crippen molar-refractivity contribution in [2.75, 3.05) is 19.6 Å². The summed E-state index contributed by atoms with van der Waals surface area (Å²) in [6.45, 7) is 3.04. The molecule has 3 heteroatoms. The van der Waals surface area contributed by atoms with Gasteiger partial charge in [0.2, 0.25) is 5.91 Å². The lowest BCUT2D eigenvalue weighted by Crippen LogP contribution is -2.54. The smallest absolute Gasteiger partial charge is 0.233 e. The van der Waals surface area contributed by atoms with Gasteiger partial charge >= 0.3 is 0 Å². The average Bonchev–Trinajstić information content (AvgIpc) is 3.38. The minimum atomic E-state index is -0.213. The van der Waals surface area contributed by atoms with E-state index < -0.39 is 0 Å². The molecular weight excluding hydrogens is 284 g/mol. The maximum Gasteiger partial charge on any atom is 0.233 e. The third-order valence-electron chi connectivity index (χ3n) is 6.12. The van der Waals surface area contributed by atoms with Crippen molar-refractivity contribution < 1.29 is 4.79 Å². The molecule has 3 nitrogen and oxygen atoms in total. The minimum absolute atomic E-state index is 0.213. The van der Waals surface area contributed by atoms with E-state index in [0.717, 1.165) is 44.7 Å². The first-order valence-electron chi connectivity index (χ1n) is 9.36. The quantitative estimate of drug-likeness (QED) is 0.906. The van der Waals surface area contributed by atoms with Crippen LogP contribution in [0.2, 0.25) is 0 Å². The van der Waals surface area contributed by atoms with Gasteiger partial charge in [0.1, 0.15) is 0 Å². The molecule has 1 amide bonds. The number of benzene rings is 1. The summed E-state index contributed by atoms with van der Waals surface area (Å²) >= 11 is 0. The van der Waals surface area contributed by atoms with E-state index in [1.165, 1.54) is 31.4 Å². The fraction of sp³-hybridized carbons (Fsp3) is 0.650. The highest BCUT2D eigenvalue weighted by molar-refractivity contribution is 5.89. The molecule has 0 unspecified atom stereocenters. The van der Waals surface area contributed by atoms with E-state index in [9.17, 15) is 4.79 Å². The molecule has 1 saturated heterocycles. The number of hydrogen-bond donors (Lipinski definition) is 1. The first kappa shape index (κ1) is 15.2. The number of piperidine rings is 1. The molecule has 4 rings (SSSR count). The largest absolute Gasteiger partial charge is 0.342 e. The molecule has 0 aromatic heterocycles. The molecule has 23 heavy (non-hydrogen) atoms. The van der Waals surface area contributed by atoms with E-state index >= 15 is 0 Å². The Hall–Kier alpha value is -1.35. The summed E-state index contributed by atoms with van der Waals surface area (Å²) in [6, 6.07) is 11.1. The predicted octanol–water partition coefficient (Wildman–Crippen LogP) is 3.10. The summed E-state index contributed by atoms with van der Waals surface area (Å²) in [5.41, 5.74) is 1.01.